The molecule has 6 heteroatoms. The van der Waals surface area contributed by atoms with E-state index < -0.39 is 0 Å². The van der Waals surface area contributed by atoms with Crippen molar-refractivity contribution >= 4 is 5.91 Å². The molecule has 132 valence electrons. The Morgan fingerprint density at radius 1 is 1.16 bits per heavy atom. The molecular weight excluding hydrogens is 320 g/mol. The van der Waals surface area contributed by atoms with Crippen molar-refractivity contribution in [2.45, 2.75) is 18.9 Å². The highest BCUT2D eigenvalue weighted by Gasteiger charge is 2.29. The van der Waals surface area contributed by atoms with Crippen molar-refractivity contribution in [1.29, 1.82) is 0 Å². The first-order valence-electron chi connectivity index (χ1n) is 8.27. The van der Waals surface area contributed by atoms with E-state index in [4.69, 9.17) is 9.47 Å². The number of likely N-dealkylation sites (tertiary alicyclic amines) is 1. The van der Waals surface area contributed by atoms with E-state index in [1.54, 1.807) is 31.2 Å². The maximum atomic E-state index is 12.5. The quantitative estimate of drug-likeness (QED) is 0.832. The number of benzene rings is 1. The van der Waals surface area contributed by atoms with Gasteiger partial charge in [-0.2, -0.15) is 0 Å². The molecule has 0 bridgehead atoms. The third kappa shape index (κ3) is 3.68. The van der Waals surface area contributed by atoms with Crippen molar-refractivity contribution in [3.8, 4) is 11.5 Å². The SMILES string of the molecule is COc1cccc([C@@H]2CCN(C(=O)Cn3ccc(=O)cc3)C2)c1OC. The van der Waals surface area contributed by atoms with Crippen molar-refractivity contribution in [2.24, 2.45) is 0 Å². The third-order valence-electron chi connectivity index (χ3n) is 4.59. The molecule has 0 unspecified atom stereocenters. The first-order chi connectivity index (χ1) is 12.1. The first kappa shape index (κ1) is 17.1. The number of rotatable bonds is 5. The fraction of sp³-hybridized carbons (Fsp3) is 0.368. The molecule has 2 heterocycles. The minimum atomic E-state index is -0.0601. The summed E-state index contributed by atoms with van der Waals surface area (Å²) in [6.07, 6.45) is 4.16. The fourth-order valence-electron chi connectivity index (χ4n) is 3.28. The number of carbonyl (C=O) groups excluding carboxylic acids is 1. The number of hydrogen-bond donors (Lipinski definition) is 0. The normalized spacial score (nSPS) is 16.7. The molecule has 0 spiro atoms. The molecule has 1 amide bonds. The van der Waals surface area contributed by atoms with Gasteiger partial charge in [-0.1, -0.05) is 12.1 Å². The zero-order chi connectivity index (χ0) is 17.8. The molecule has 6 nitrogen and oxygen atoms in total. The largest absolute Gasteiger partial charge is 0.493 e. The zero-order valence-electron chi connectivity index (χ0n) is 14.5. The number of aromatic nitrogens is 1. The van der Waals surface area contributed by atoms with E-state index in [0.29, 0.717) is 18.8 Å². The first-order valence-corrected chi connectivity index (χ1v) is 8.27. The average molecular weight is 342 g/mol. The van der Waals surface area contributed by atoms with E-state index in [-0.39, 0.29) is 23.8 Å². The van der Waals surface area contributed by atoms with E-state index in [2.05, 4.69) is 0 Å². The van der Waals surface area contributed by atoms with Gasteiger partial charge in [0.25, 0.3) is 0 Å². The van der Waals surface area contributed by atoms with Crippen LogP contribution in [0.15, 0.2) is 47.5 Å². The molecule has 2 aromatic rings. The molecule has 1 saturated heterocycles. The maximum absolute atomic E-state index is 12.5. The smallest absolute Gasteiger partial charge is 0.242 e. The van der Waals surface area contributed by atoms with Gasteiger partial charge >= 0.3 is 0 Å². The summed E-state index contributed by atoms with van der Waals surface area (Å²) in [4.78, 5) is 25.5. The lowest BCUT2D eigenvalue weighted by Gasteiger charge is -2.19. The molecular formula is C19H22N2O4. The molecule has 25 heavy (non-hydrogen) atoms. The zero-order valence-corrected chi connectivity index (χ0v) is 14.5. The van der Waals surface area contributed by atoms with Crippen molar-refractivity contribution in [2.75, 3.05) is 27.3 Å². The highest BCUT2D eigenvalue weighted by atomic mass is 16.5. The second kappa shape index (κ2) is 7.42. The van der Waals surface area contributed by atoms with E-state index in [1.165, 1.54) is 12.1 Å². The van der Waals surface area contributed by atoms with Gasteiger partial charge in [0, 0.05) is 49.1 Å². The Balaban J connectivity index is 1.70. The molecule has 1 aromatic carbocycles. The summed E-state index contributed by atoms with van der Waals surface area (Å²) in [5.41, 5.74) is 1.01. The number of amides is 1. The molecule has 0 aliphatic carbocycles. The molecule has 1 atom stereocenters. The van der Waals surface area contributed by atoms with Gasteiger partial charge in [0.15, 0.2) is 16.9 Å². The maximum Gasteiger partial charge on any atom is 0.242 e. The Bertz CT molecular complexity index is 795. The van der Waals surface area contributed by atoms with Gasteiger partial charge < -0.3 is 18.9 Å². The van der Waals surface area contributed by atoms with Crippen molar-refractivity contribution in [1.82, 2.24) is 9.47 Å². The summed E-state index contributed by atoms with van der Waals surface area (Å²) in [5, 5.41) is 0. The molecule has 1 aromatic heterocycles. The van der Waals surface area contributed by atoms with Crippen molar-refractivity contribution in [3.63, 3.8) is 0 Å². The Morgan fingerprint density at radius 2 is 1.92 bits per heavy atom. The van der Waals surface area contributed by atoms with Gasteiger partial charge in [-0.25, -0.2) is 0 Å². The summed E-state index contributed by atoms with van der Waals surface area (Å²) in [6.45, 7) is 1.61. The second-order valence-corrected chi connectivity index (χ2v) is 6.11. The highest BCUT2D eigenvalue weighted by molar-refractivity contribution is 5.76. The Hall–Kier alpha value is -2.76. The summed E-state index contributed by atoms with van der Waals surface area (Å²) >= 11 is 0. The number of nitrogens with zero attached hydrogens (tertiary/aromatic N) is 2. The minimum Gasteiger partial charge on any atom is -0.493 e. The average Bonchev–Trinajstić information content (AvgIpc) is 3.13. The van der Waals surface area contributed by atoms with Crippen LogP contribution in [0.1, 0.15) is 17.9 Å². The number of methoxy groups -OCH3 is 2. The van der Waals surface area contributed by atoms with Crippen LogP contribution in [0.5, 0.6) is 11.5 Å². The molecule has 3 rings (SSSR count). The van der Waals surface area contributed by atoms with Crippen LogP contribution in [0, 0.1) is 0 Å². The van der Waals surface area contributed by atoms with Crippen LogP contribution in [0.2, 0.25) is 0 Å². The molecule has 0 radical (unpaired) electrons. The van der Waals surface area contributed by atoms with Crippen LogP contribution < -0.4 is 14.9 Å². The monoisotopic (exact) mass is 342 g/mol. The van der Waals surface area contributed by atoms with Gasteiger partial charge in [0.2, 0.25) is 5.91 Å². The van der Waals surface area contributed by atoms with Crippen LogP contribution in [-0.4, -0.2) is 42.7 Å². The van der Waals surface area contributed by atoms with Gasteiger partial charge in [-0.15, -0.1) is 0 Å². The lowest BCUT2D eigenvalue weighted by molar-refractivity contribution is -0.130. The van der Waals surface area contributed by atoms with Crippen molar-refractivity contribution < 1.29 is 14.3 Å². The number of carbonyl (C=O) groups is 1. The van der Waals surface area contributed by atoms with E-state index in [1.807, 2.05) is 23.1 Å². The number of ether oxygens (including phenoxy) is 2. The lowest BCUT2D eigenvalue weighted by atomic mass is 9.97. The predicted octanol–water partition coefficient (Wildman–Crippen LogP) is 1.88. The van der Waals surface area contributed by atoms with Crippen LogP contribution in [0.25, 0.3) is 0 Å². The molecule has 1 fully saturated rings. The van der Waals surface area contributed by atoms with Crippen LogP contribution in [-0.2, 0) is 11.3 Å². The van der Waals surface area contributed by atoms with Gasteiger partial charge in [-0.05, 0) is 12.5 Å². The number of para-hydroxylation sites is 1. The van der Waals surface area contributed by atoms with Crippen LogP contribution >= 0.6 is 0 Å². The minimum absolute atomic E-state index is 0.0491. The second-order valence-electron chi connectivity index (χ2n) is 6.11. The van der Waals surface area contributed by atoms with Crippen LogP contribution in [0.3, 0.4) is 0 Å². The topological polar surface area (TPSA) is 60.8 Å². The number of hydrogen-bond acceptors (Lipinski definition) is 4. The summed E-state index contributed by atoms with van der Waals surface area (Å²) < 4.78 is 12.6. The highest BCUT2D eigenvalue weighted by Crippen LogP contribution is 2.39. The molecule has 1 aliphatic rings. The van der Waals surface area contributed by atoms with Gasteiger partial charge in [-0.3, -0.25) is 9.59 Å². The molecule has 0 N–H and O–H groups in total. The van der Waals surface area contributed by atoms with E-state index in [0.717, 1.165) is 17.7 Å². The summed E-state index contributed by atoms with van der Waals surface area (Å²) in [7, 11) is 3.26. The van der Waals surface area contributed by atoms with Gasteiger partial charge in [0.05, 0.1) is 14.2 Å². The lowest BCUT2D eigenvalue weighted by Crippen LogP contribution is -2.31. The summed E-state index contributed by atoms with van der Waals surface area (Å²) in [6, 6.07) is 8.77. The number of pyridine rings is 1. The fourth-order valence-corrected chi connectivity index (χ4v) is 3.28. The molecule has 1 aliphatic heterocycles. The van der Waals surface area contributed by atoms with E-state index in [9.17, 15) is 9.59 Å². The van der Waals surface area contributed by atoms with Crippen molar-refractivity contribution in [3.05, 3.63) is 58.5 Å². The molecule has 0 saturated carbocycles. The standard InChI is InChI=1S/C19H22N2O4/c1-24-17-5-3-4-16(19(17)25-2)14-6-11-21(12-14)18(23)13-20-9-7-15(22)8-10-20/h3-5,7-10,14H,6,11-13H2,1-2H3/t14-/m1/s1. The Kier molecular flexibility index (Phi) is 5.07. The Labute approximate surface area is 146 Å². The van der Waals surface area contributed by atoms with Gasteiger partial charge in [0.1, 0.15) is 6.54 Å². The third-order valence-corrected chi connectivity index (χ3v) is 4.59. The summed E-state index contributed by atoms with van der Waals surface area (Å²) in [5.74, 6) is 1.72. The predicted molar refractivity (Wildman–Crippen MR) is 94.2 cm³/mol. The van der Waals surface area contributed by atoms with Crippen LogP contribution in [0.4, 0.5) is 0 Å². The Morgan fingerprint density at radius 3 is 2.60 bits per heavy atom. The van der Waals surface area contributed by atoms with E-state index >= 15 is 0 Å².